The van der Waals surface area contributed by atoms with Crippen LogP contribution in [0.2, 0.25) is 0 Å². The first-order valence-electron chi connectivity index (χ1n) is 7.11. The maximum atomic E-state index is 14.2. The number of anilines is 2. The van der Waals surface area contributed by atoms with Gasteiger partial charge in [0, 0.05) is 22.7 Å². The largest absolute Gasteiger partial charge is 0.350 e. The summed E-state index contributed by atoms with van der Waals surface area (Å²) in [5, 5.41) is 2.50. The van der Waals surface area contributed by atoms with Gasteiger partial charge in [0.15, 0.2) is 11.6 Å². The molecule has 2 aromatic rings. The van der Waals surface area contributed by atoms with E-state index >= 15 is 0 Å². The lowest BCUT2D eigenvalue weighted by Gasteiger charge is -2.37. The smallest absolute Gasteiger partial charge is 0.256 e. The summed E-state index contributed by atoms with van der Waals surface area (Å²) in [6, 6.07) is 6.18. The van der Waals surface area contributed by atoms with Gasteiger partial charge >= 0.3 is 0 Å². The molecule has 3 rings (SSSR count). The number of carbonyl (C=O) groups is 1. The number of nitrogens with zero attached hydrogens (tertiary/aromatic N) is 1. The van der Waals surface area contributed by atoms with Crippen molar-refractivity contribution in [2.75, 3.05) is 18.4 Å². The molecule has 1 fully saturated rings. The predicted octanol–water partition coefficient (Wildman–Crippen LogP) is 3.24. The molecular formula is C16H13F3IN3O. The number of benzene rings is 2. The van der Waals surface area contributed by atoms with Gasteiger partial charge in [-0.25, -0.2) is 13.2 Å². The van der Waals surface area contributed by atoms with Gasteiger partial charge in [-0.3, -0.25) is 4.79 Å². The number of hydrogen-bond acceptors (Lipinski definition) is 3. The molecule has 0 saturated carbocycles. The predicted molar refractivity (Wildman–Crippen MR) is 92.6 cm³/mol. The van der Waals surface area contributed by atoms with Gasteiger partial charge in [-0.2, -0.15) is 0 Å². The third kappa shape index (κ3) is 3.20. The van der Waals surface area contributed by atoms with Crippen LogP contribution in [0.5, 0.6) is 0 Å². The lowest BCUT2D eigenvalue weighted by molar-refractivity contribution is 0.0608. The summed E-state index contributed by atoms with van der Waals surface area (Å²) in [6.45, 7) is 0.685. The lowest BCUT2D eigenvalue weighted by Crippen LogP contribution is -2.57. The Bertz CT molecular complexity index is 809. The molecule has 8 heteroatoms. The zero-order valence-corrected chi connectivity index (χ0v) is 14.5. The summed E-state index contributed by atoms with van der Waals surface area (Å²) in [7, 11) is 0. The highest BCUT2D eigenvalue weighted by Gasteiger charge is 2.31. The van der Waals surface area contributed by atoms with E-state index in [9.17, 15) is 18.0 Å². The van der Waals surface area contributed by atoms with Crippen LogP contribution in [0.4, 0.5) is 24.5 Å². The molecule has 0 aliphatic carbocycles. The summed E-state index contributed by atoms with van der Waals surface area (Å²) in [6.07, 6.45) is 0. The van der Waals surface area contributed by atoms with Gasteiger partial charge in [0.05, 0.1) is 16.9 Å². The van der Waals surface area contributed by atoms with Crippen LogP contribution in [0.15, 0.2) is 30.3 Å². The number of halogens is 4. The number of rotatable bonds is 3. The Morgan fingerprint density at radius 1 is 1.17 bits per heavy atom. The Labute approximate surface area is 150 Å². The average molecular weight is 447 g/mol. The van der Waals surface area contributed by atoms with E-state index in [1.54, 1.807) is 6.07 Å². The van der Waals surface area contributed by atoms with Crippen LogP contribution in [0.1, 0.15) is 10.4 Å². The second-order valence-electron chi connectivity index (χ2n) is 5.50. The van der Waals surface area contributed by atoms with Crippen LogP contribution in [-0.4, -0.2) is 29.9 Å². The van der Waals surface area contributed by atoms with Gasteiger partial charge < -0.3 is 16.0 Å². The highest BCUT2D eigenvalue weighted by molar-refractivity contribution is 14.1. The van der Waals surface area contributed by atoms with Gasteiger partial charge in [-0.1, -0.05) is 0 Å². The number of likely N-dealkylation sites (tertiary alicyclic amines) is 1. The van der Waals surface area contributed by atoms with Crippen LogP contribution in [0.3, 0.4) is 0 Å². The van der Waals surface area contributed by atoms with Gasteiger partial charge in [-0.15, -0.1) is 0 Å². The first-order chi connectivity index (χ1) is 11.4. The maximum absolute atomic E-state index is 14.2. The molecule has 3 N–H and O–H groups in total. The zero-order chi connectivity index (χ0) is 17.4. The van der Waals surface area contributed by atoms with E-state index in [1.807, 2.05) is 22.6 Å². The zero-order valence-electron chi connectivity index (χ0n) is 12.3. The molecule has 0 spiro atoms. The van der Waals surface area contributed by atoms with E-state index < -0.39 is 23.4 Å². The standard InChI is InChI=1S/C16H13F3IN3O/c17-11-3-2-10(16(24)23-6-9(21)7-23)15(14(11)19)22-13-4-1-8(20)5-12(13)18/h1-5,9,22H,6-7,21H2. The quantitative estimate of drug-likeness (QED) is 0.711. The molecular weight excluding hydrogens is 434 g/mol. The number of nitrogens with two attached hydrogens (primary N) is 1. The maximum Gasteiger partial charge on any atom is 0.256 e. The van der Waals surface area contributed by atoms with Gasteiger partial charge in [-0.05, 0) is 52.9 Å². The first-order valence-corrected chi connectivity index (χ1v) is 8.19. The lowest BCUT2D eigenvalue weighted by atomic mass is 10.1. The van der Waals surface area contributed by atoms with Crippen LogP contribution in [-0.2, 0) is 0 Å². The average Bonchev–Trinajstić information content (AvgIpc) is 2.50. The minimum atomic E-state index is -1.23. The molecule has 1 aliphatic rings. The fraction of sp³-hybridized carbons (Fsp3) is 0.188. The van der Waals surface area contributed by atoms with Crippen LogP contribution in [0, 0.1) is 21.0 Å². The molecule has 24 heavy (non-hydrogen) atoms. The van der Waals surface area contributed by atoms with E-state index in [1.165, 1.54) is 23.1 Å². The summed E-state index contributed by atoms with van der Waals surface area (Å²) in [4.78, 5) is 13.9. The molecule has 126 valence electrons. The van der Waals surface area contributed by atoms with Crippen molar-refractivity contribution in [3.05, 3.63) is 56.9 Å². The van der Waals surface area contributed by atoms with E-state index in [2.05, 4.69) is 5.32 Å². The molecule has 4 nitrogen and oxygen atoms in total. The van der Waals surface area contributed by atoms with Crippen molar-refractivity contribution in [1.29, 1.82) is 0 Å². The Morgan fingerprint density at radius 3 is 2.50 bits per heavy atom. The molecule has 0 aromatic heterocycles. The molecule has 1 amide bonds. The number of carbonyl (C=O) groups excluding carboxylic acids is 1. The highest BCUT2D eigenvalue weighted by atomic mass is 127. The van der Waals surface area contributed by atoms with E-state index in [0.717, 1.165) is 6.07 Å². The monoisotopic (exact) mass is 447 g/mol. The Hall–Kier alpha value is -1.81. The second kappa shape index (κ2) is 6.60. The molecule has 0 bridgehead atoms. The molecule has 1 heterocycles. The fourth-order valence-electron chi connectivity index (χ4n) is 2.43. The van der Waals surface area contributed by atoms with Crippen LogP contribution >= 0.6 is 22.6 Å². The van der Waals surface area contributed by atoms with Crippen LogP contribution in [0.25, 0.3) is 0 Å². The topological polar surface area (TPSA) is 58.4 Å². The number of nitrogens with one attached hydrogen (secondary N) is 1. The van der Waals surface area contributed by atoms with Crippen molar-refractivity contribution in [2.45, 2.75) is 6.04 Å². The van der Waals surface area contributed by atoms with Gasteiger partial charge in [0.25, 0.3) is 5.91 Å². The Balaban J connectivity index is 1.99. The highest BCUT2D eigenvalue weighted by Crippen LogP contribution is 2.30. The third-order valence-corrected chi connectivity index (χ3v) is 4.38. The van der Waals surface area contributed by atoms with E-state index in [-0.39, 0.29) is 23.0 Å². The Kier molecular flexibility index (Phi) is 4.68. The Morgan fingerprint density at radius 2 is 1.88 bits per heavy atom. The SMILES string of the molecule is NC1CN(C(=O)c2ccc(F)c(F)c2Nc2ccc(I)cc2F)C1. The number of amides is 1. The molecule has 0 atom stereocenters. The molecule has 1 saturated heterocycles. The fourth-order valence-corrected chi connectivity index (χ4v) is 2.88. The van der Waals surface area contributed by atoms with E-state index in [0.29, 0.717) is 16.7 Å². The first kappa shape index (κ1) is 17.0. The van der Waals surface area contributed by atoms with Crippen molar-refractivity contribution >= 4 is 39.9 Å². The minimum Gasteiger partial charge on any atom is -0.350 e. The molecule has 0 radical (unpaired) electrons. The summed E-state index contributed by atoms with van der Waals surface area (Å²) in [5.41, 5.74) is 5.13. The third-order valence-electron chi connectivity index (χ3n) is 3.71. The van der Waals surface area contributed by atoms with Gasteiger partial charge in [0.2, 0.25) is 0 Å². The van der Waals surface area contributed by atoms with Crippen molar-refractivity contribution in [3.63, 3.8) is 0 Å². The molecule has 1 aliphatic heterocycles. The minimum absolute atomic E-state index is 0.0470. The summed E-state index contributed by atoms with van der Waals surface area (Å²) >= 11 is 1.93. The molecule has 2 aromatic carbocycles. The van der Waals surface area contributed by atoms with Crippen molar-refractivity contribution in [2.24, 2.45) is 5.73 Å². The van der Waals surface area contributed by atoms with Gasteiger partial charge in [0.1, 0.15) is 5.82 Å². The van der Waals surface area contributed by atoms with Crippen molar-refractivity contribution in [1.82, 2.24) is 4.90 Å². The normalized spacial score (nSPS) is 14.5. The van der Waals surface area contributed by atoms with E-state index in [4.69, 9.17) is 5.73 Å². The summed E-state index contributed by atoms with van der Waals surface area (Å²) < 4.78 is 42.5. The summed E-state index contributed by atoms with van der Waals surface area (Å²) in [5.74, 6) is -3.47. The molecule has 0 unspecified atom stereocenters. The van der Waals surface area contributed by atoms with Crippen molar-refractivity contribution in [3.8, 4) is 0 Å². The second-order valence-corrected chi connectivity index (χ2v) is 6.75. The number of hydrogen-bond donors (Lipinski definition) is 2. The van der Waals surface area contributed by atoms with Crippen molar-refractivity contribution < 1.29 is 18.0 Å². The van der Waals surface area contributed by atoms with Crippen LogP contribution < -0.4 is 11.1 Å².